The average Bonchev–Trinajstić information content (AvgIpc) is 3.75. The summed E-state index contributed by atoms with van der Waals surface area (Å²) in [7, 11) is 1.59. The molecular formula is C29H29N3O3. The van der Waals surface area contributed by atoms with Gasteiger partial charge in [0.1, 0.15) is 11.6 Å². The predicted molar refractivity (Wildman–Crippen MR) is 137 cm³/mol. The highest BCUT2D eigenvalue weighted by Crippen LogP contribution is 2.37. The van der Waals surface area contributed by atoms with Crippen molar-refractivity contribution in [3.05, 3.63) is 101 Å². The lowest BCUT2D eigenvalue weighted by molar-refractivity contribution is -0.136. The molecule has 178 valence electrons. The van der Waals surface area contributed by atoms with Crippen LogP contribution in [-0.4, -0.2) is 27.5 Å². The summed E-state index contributed by atoms with van der Waals surface area (Å²) >= 11 is 0. The summed E-state index contributed by atoms with van der Waals surface area (Å²) in [5.74, 6) is 1.28. The Morgan fingerprint density at radius 1 is 1.03 bits per heavy atom. The molecule has 35 heavy (non-hydrogen) atoms. The van der Waals surface area contributed by atoms with Crippen LogP contribution in [0.5, 0.6) is 5.75 Å². The maximum atomic E-state index is 13.9. The Kier molecular flexibility index (Phi) is 6.36. The molecule has 1 fully saturated rings. The van der Waals surface area contributed by atoms with Gasteiger partial charge >= 0.3 is 0 Å². The molecule has 3 aromatic carbocycles. The van der Waals surface area contributed by atoms with Crippen molar-refractivity contribution in [3.63, 3.8) is 0 Å². The highest BCUT2D eigenvalue weighted by molar-refractivity contribution is 5.82. The van der Waals surface area contributed by atoms with Crippen molar-refractivity contribution in [3.8, 4) is 11.4 Å². The number of aromatic nitrogens is 2. The van der Waals surface area contributed by atoms with Gasteiger partial charge in [0.2, 0.25) is 5.91 Å². The minimum atomic E-state index is -0.384. The molecule has 1 heterocycles. The highest BCUT2D eigenvalue weighted by Gasteiger charge is 2.38. The van der Waals surface area contributed by atoms with Crippen molar-refractivity contribution in [1.29, 1.82) is 0 Å². The number of carbonyl (C=O) groups is 1. The van der Waals surface area contributed by atoms with Crippen LogP contribution in [0.1, 0.15) is 43.6 Å². The van der Waals surface area contributed by atoms with E-state index in [1.807, 2.05) is 84.6 Å². The minimum absolute atomic E-state index is 0.0413. The van der Waals surface area contributed by atoms with E-state index in [9.17, 15) is 9.59 Å². The van der Waals surface area contributed by atoms with Crippen molar-refractivity contribution in [2.75, 3.05) is 7.11 Å². The van der Waals surface area contributed by atoms with Crippen LogP contribution in [0, 0.1) is 5.92 Å². The average molecular weight is 468 g/mol. The lowest BCUT2D eigenvalue weighted by Gasteiger charge is -2.33. The smallest absolute Gasteiger partial charge is 0.266 e. The number of hydrogen-bond donors (Lipinski definition) is 0. The number of para-hydroxylation sites is 3. The number of fused-ring (bicyclic) bond motifs is 1. The number of benzene rings is 3. The van der Waals surface area contributed by atoms with E-state index >= 15 is 0 Å². The van der Waals surface area contributed by atoms with Gasteiger partial charge in [0.15, 0.2) is 0 Å². The molecule has 4 aromatic rings. The van der Waals surface area contributed by atoms with Gasteiger partial charge in [0, 0.05) is 12.5 Å². The molecule has 0 spiro atoms. The molecule has 0 N–H and O–H groups in total. The molecule has 0 aliphatic heterocycles. The van der Waals surface area contributed by atoms with Crippen LogP contribution in [0.15, 0.2) is 83.7 Å². The van der Waals surface area contributed by atoms with Crippen molar-refractivity contribution >= 4 is 16.8 Å². The highest BCUT2D eigenvalue weighted by atomic mass is 16.5. The van der Waals surface area contributed by atoms with E-state index in [1.165, 1.54) is 0 Å². The molecule has 1 aliphatic carbocycles. The molecule has 1 aromatic heterocycles. The fraction of sp³-hybridized carbons (Fsp3) is 0.276. The Balaban J connectivity index is 1.73. The molecule has 1 atom stereocenters. The molecule has 5 rings (SSSR count). The van der Waals surface area contributed by atoms with Gasteiger partial charge in [0.05, 0.1) is 29.7 Å². The van der Waals surface area contributed by atoms with Gasteiger partial charge in [-0.1, -0.05) is 61.5 Å². The first-order valence-electron chi connectivity index (χ1n) is 12.1. The normalized spacial score (nSPS) is 14.0. The third kappa shape index (κ3) is 4.44. The van der Waals surface area contributed by atoms with Crippen LogP contribution in [0.4, 0.5) is 0 Å². The monoisotopic (exact) mass is 467 g/mol. The van der Waals surface area contributed by atoms with Crippen LogP contribution >= 0.6 is 0 Å². The second-order valence-electron chi connectivity index (χ2n) is 8.95. The first-order valence-corrected chi connectivity index (χ1v) is 12.1. The van der Waals surface area contributed by atoms with E-state index in [-0.39, 0.29) is 23.4 Å². The van der Waals surface area contributed by atoms with Crippen LogP contribution < -0.4 is 10.3 Å². The van der Waals surface area contributed by atoms with Crippen molar-refractivity contribution in [1.82, 2.24) is 14.5 Å². The maximum Gasteiger partial charge on any atom is 0.266 e. The van der Waals surface area contributed by atoms with E-state index in [1.54, 1.807) is 17.7 Å². The van der Waals surface area contributed by atoms with Gasteiger partial charge in [-0.05, 0) is 49.1 Å². The first-order chi connectivity index (χ1) is 17.1. The van der Waals surface area contributed by atoms with Crippen molar-refractivity contribution in [2.24, 2.45) is 5.92 Å². The predicted octanol–water partition coefficient (Wildman–Crippen LogP) is 5.28. The number of methoxy groups -OCH3 is 1. The molecule has 1 unspecified atom stereocenters. The Morgan fingerprint density at radius 3 is 2.43 bits per heavy atom. The summed E-state index contributed by atoms with van der Waals surface area (Å²) < 4.78 is 7.25. The topological polar surface area (TPSA) is 64.4 Å². The lowest BCUT2D eigenvalue weighted by atomic mass is 10.1. The number of hydrogen-bond acceptors (Lipinski definition) is 4. The molecule has 0 bridgehead atoms. The zero-order chi connectivity index (χ0) is 24.4. The standard InChI is InChI=1S/C29H29N3O3/c1-3-24(31(28(33)21-17-18-21)19-20-11-5-4-6-12-20)27-30-23-14-8-7-13-22(23)29(34)32(27)25-15-9-10-16-26(25)35-2/h4-16,21,24H,3,17-19H2,1-2H3. The van der Waals surface area contributed by atoms with Crippen molar-refractivity contribution < 1.29 is 9.53 Å². The largest absolute Gasteiger partial charge is 0.495 e. The molecule has 0 saturated heterocycles. The molecule has 1 amide bonds. The molecule has 6 heteroatoms. The second kappa shape index (κ2) is 9.74. The quantitative estimate of drug-likeness (QED) is 0.353. The van der Waals surface area contributed by atoms with Gasteiger partial charge in [-0.25, -0.2) is 4.98 Å². The summed E-state index contributed by atoms with van der Waals surface area (Å²) in [5.41, 5.74) is 2.11. The van der Waals surface area contributed by atoms with E-state index in [0.29, 0.717) is 41.1 Å². The van der Waals surface area contributed by atoms with E-state index in [4.69, 9.17) is 9.72 Å². The third-order valence-corrected chi connectivity index (χ3v) is 6.59. The van der Waals surface area contributed by atoms with E-state index in [2.05, 4.69) is 0 Å². The fourth-order valence-corrected chi connectivity index (χ4v) is 4.65. The zero-order valence-electron chi connectivity index (χ0n) is 20.1. The van der Waals surface area contributed by atoms with Crippen LogP contribution in [0.3, 0.4) is 0 Å². The summed E-state index contributed by atoms with van der Waals surface area (Å²) in [6.45, 7) is 2.50. The third-order valence-electron chi connectivity index (χ3n) is 6.59. The van der Waals surface area contributed by atoms with Crippen LogP contribution in [0.25, 0.3) is 16.6 Å². The Morgan fingerprint density at radius 2 is 1.71 bits per heavy atom. The van der Waals surface area contributed by atoms with Gasteiger partial charge in [-0.15, -0.1) is 0 Å². The number of ether oxygens (including phenoxy) is 1. The summed E-state index contributed by atoms with van der Waals surface area (Å²) in [4.78, 5) is 34.4. The van der Waals surface area contributed by atoms with Gasteiger partial charge in [-0.3, -0.25) is 14.2 Å². The van der Waals surface area contributed by atoms with E-state index < -0.39 is 0 Å². The maximum absolute atomic E-state index is 13.9. The summed E-state index contributed by atoms with van der Waals surface area (Å²) in [6, 6.07) is 24.4. The molecule has 6 nitrogen and oxygen atoms in total. The SMILES string of the molecule is CCC(c1nc2ccccc2c(=O)n1-c1ccccc1OC)N(Cc1ccccc1)C(=O)C1CC1. The second-order valence-corrected chi connectivity index (χ2v) is 8.95. The van der Waals surface area contributed by atoms with Gasteiger partial charge < -0.3 is 9.64 Å². The fourth-order valence-electron chi connectivity index (χ4n) is 4.65. The first kappa shape index (κ1) is 22.8. The van der Waals surface area contributed by atoms with Crippen LogP contribution in [0.2, 0.25) is 0 Å². The molecule has 0 radical (unpaired) electrons. The van der Waals surface area contributed by atoms with Crippen LogP contribution in [-0.2, 0) is 11.3 Å². The van der Waals surface area contributed by atoms with Gasteiger partial charge in [-0.2, -0.15) is 0 Å². The Labute approximate surface area is 204 Å². The number of nitrogens with zero attached hydrogens (tertiary/aromatic N) is 3. The number of rotatable bonds is 8. The summed E-state index contributed by atoms with van der Waals surface area (Å²) in [5, 5.41) is 0.528. The van der Waals surface area contributed by atoms with Crippen molar-refractivity contribution in [2.45, 2.75) is 38.8 Å². The number of carbonyl (C=O) groups excluding carboxylic acids is 1. The number of amides is 1. The molecule has 1 aliphatic rings. The van der Waals surface area contributed by atoms with E-state index in [0.717, 1.165) is 18.4 Å². The lowest BCUT2D eigenvalue weighted by Crippen LogP contribution is -2.39. The Bertz CT molecular complexity index is 1410. The Hall–Kier alpha value is -3.93. The summed E-state index contributed by atoms with van der Waals surface area (Å²) in [6.07, 6.45) is 2.43. The minimum Gasteiger partial charge on any atom is -0.495 e. The molecular weight excluding hydrogens is 438 g/mol. The van der Waals surface area contributed by atoms with Gasteiger partial charge in [0.25, 0.3) is 5.56 Å². The zero-order valence-corrected chi connectivity index (χ0v) is 20.1. The molecule has 1 saturated carbocycles.